The van der Waals surface area contributed by atoms with Crippen LogP contribution < -0.4 is 0 Å². The van der Waals surface area contributed by atoms with Crippen molar-refractivity contribution in [3.63, 3.8) is 0 Å². The summed E-state index contributed by atoms with van der Waals surface area (Å²) in [6.07, 6.45) is 0.729. The molecule has 5 heteroatoms. The zero-order valence-corrected chi connectivity index (χ0v) is 14.9. The lowest BCUT2D eigenvalue weighted by molar-refractivity contribution is -0.384. The van der Waals surface area contributed by atoms with E-state index in [-0.39, 0.29) is 11.7 Å². The number of nitro benzene ring substituents is 1. The van der Waals surface area contributed by atoms with E-state index in [4.69, 9.17) is 4.99 Å². The fourth-order valence-corrected chi connectivity index (χ4v) is 3.57. The molecule has 1 aliphatic rings. The van der Waals surface area contributed by atoms with Crippen LogP contribution in [0.2, 0.25) is 0 Å². The molecule has 0 aromatic heterocycles. The van der Waals surface area contributed by atoms with Crippen LogP contribution in [0.5, 0.6) is 0 Å². The molecule has 3 aromatic carbocycles. The molecule has 27 heavy (non-hydrogen) atoms. The Kier molecular flexibility index (Phi) is 4.42. The number of hydrogen-bond donors (Lipinski definition) is 0. The van der Waals surface area contributed by atoms with Gasteiger partial charge in [0.25, 0.3) is 5.69 Å². The first-order chi connectivity index (χ1) is 13.1. The molecule has 0 bridgehead atoms. The Balaban J connectivity index is 1.76. The van der Waals surface area contributed by atoms with Crippen molar-refractivity contribution in [1.82, 2.24) is 4.90 Å². The summed E-state index contributed by atoms with van der Waals surface area (Å²) in [7, 11) is 2.05. The van der Waals surface area contributed by atoms with Gasteiger partial charge in [-0.3, -0.25) is 10.1 Å². The molecule has 0 radical (unpaired) electrons. The Bertz CT molecular complexity index is 998. The summed E-state index contributed by atoms with van der Waals surface area (Å²) >= 11 is 0. The Labute approximate surface area is 157 Å². The van der Waals surface area contributed by atoms with Gasteiger partial charge in [-0.2, -0.15) is 0 Å². The van der Waals surface area contributed by atoms with Crippen LogP contribution in [0, 0.1) is 10.1 Å². The van der Waals surface area contributed by atoms with Crippen molar-refractivity contribution in [1.29, 1.82) is 0 Å². The fourth-order valence-electron chi connectivity index (χ4n) is 3.57. The highest BCUT2D eigenvalue weighted by atomic mass is 16.6. The zero-order chi connectivity index (χ0) is 18.8. The number of nitrogens with zero attached hydrogens (tertiary/aromatic N) is 3. The molecule has 1 heterocycles. The number of non-ortho nitro benzene ring substituents is 1. The first-order valence-corrected chi connectivity index (χ1v) is 8.81. The van der Waals surface area contributed by atoms with Gasteiger partial charge in [0, 0.05) is 25.6 Å². The average Bonchev–Trinajstić information content (AvgIpc) is 2.70. The third-order valence-electron chi connectivity index (χ3n) is 4.93. The minimum atomic E-state index is -0.397. The summed E-state index contributed by atoms with van der Waals surface area (Å²) < 4.78 is 0. The normalized spacial score (nSPS) is 17.6. The molecule has 0 amide bonds. The Hall–Kier alpha value is -3.47. The highest BCUT2D eigenvalue weighted by Crippen LogP contribution is 2.35. The fraction of sp³-hybridized carbons (Fsp3) is 0.136. The van der Waals surface area contributed by atoms with Crippen LogP contribution in [0.25, 0.3) is 0 Å². The van der Waals surface area contributed by atoms with Crippen LogP contribution in [-0.4, -0.2) is 22.7 Å². The molecule has 3 aromatic rings. The van der Waals surface area contributed by atoms with Crippen LogP contribution >= 0.6 is 0 Å². The van der Waals surface area contributed by atoms with Crippen molar-refractivity contribution in [2.75, 3.05) is 7.05 Å². The second-order valence-electron chi connectivity index (χ2n) is 6.60. The van der Waals surface area contributed by atoms with E-state index >= 15 is 0 Å². The maximum absolute atomic E-state index is 10.9. The molecule has 1 aliphatic heterocycles. The van der Waals surface area contributed by atoms with Crippen molar-refractivity contribution in [3.05, 3.63) is 106 Å². The number of benzene rings is 3. The largest absolute Gasteiger partial charge is 0.352 e. The molecule has 1 unspecified atom stereocenters. The minimum Gasteiger partial charge on any atom is -0.352 e. The predicted octanol–water partition coefficient (Wildman–Crippen LogP) is 4.90. The van der Waals surface area contributed by atoms with Crippen molar-refractivity contribution in [3.8, 4) is 0 Å². The topological polar surface area (TPSA) is 58.7 Å². The van der Waals surface area contributed by atoms with Gasteiger partial charge in [-0.1, -0.05) is 54.6 Å². The van der Waals surface area contributed by atoms with E-state index in [0.717, 1.165) is 12.3 Å². The minimum absolute atomic E-state index is 0.0726. The smallest absolute Gasteiger partial charge is 0.269 e. The summed E-state index contributed by atoms with van der Waals surface area (Å²) in [6, 6.07) is 25.3. The molecular weight excluding hydrogens is 338 g/mol. The molecule has 5 nitrogen and oxygen atoms in total. The number of amidine groups is 1. The van der Waals surface area contributed by atoms with E-state index in [1.54, 1.807) is 12.1 Å². The van der Waals surface area contributed by atoms with E-state index in [1.165, 1.54) is 28.8 Å². The highest BCUT2D eigenvalue weighted by molar-refractivity contribution is 5.89. The van der Waals surface area contributed by atoms with Crippen LogP contribution in [0.15, 0.2) is 83.9 Å². The number of nitro groups is 1. The lowest BCUT2D eigenvalue weighted by Gasteiger charge is -2.37. The molecule has 0 saturated heterocycles. The van der Waals surface area contributed by atoms with Crippen molar-refractivity contribution < 1.29 is 4.92 Å². The predicted molar refractivity (Wildman–Crippen MR) is 106 cm³/mol. The molecule has 0 saturated carbocycles. The third-order valence-corrected chi connectivity index (χ3v) is 4.93. The molecule has 4 rings (SSSR count). The number of aliphatic imine (C=N–C) groups is 1. The monoisotopic (exact) mass is 357 g/mol. The molecule has 1 atom stereocenters. The molecule has 134 valence electrons. The summed E-state index contributed by atoms with van der Waals surface area (Å²) in [4.78, 5) is 17.4. The standard InChI is InChI=1S/C22H19N3O2/c1-24-21(23-18-11-13-19(14-12-18)25(26)27)15-17-9-5-6-10-20(17)22(24)16-7-3-2-4-8-16/h2-14,22H,15H2,1H3. The van der Waals surface area contributed by atoms with E-state index < -0.39 is 4.92 Å². The Morgan fingerprint density at radius 1 is 0.963 bits per heavy atom. The highest BCUT2D eigenvalue weighted by Gasteiger charge is 2.29. The molecular formula is C22H19N3O2. The van der Waals surface area contributed by atoms with Crippen LogP contribution in [0.1, 0.15) is 22.7 Å². The Morgan fingerprint density at radius 2 is 1.63 bits per heavy atom. The summed E-state index contributed by atoms with van der Waals surface area (Å²) in [5.74, 6) is 0.941. The van der Waals surface area contributed by atoms with Crippen LogP contribution in [0.3, 0.4) is 0 Å². The summed E-state index contributed by atoms with van der Waals surface area (Å²) in [5, 5.41) is 10.9. The maximum atomic E-state index is 10.9. The van der Waals surface area contributed by atoms with Crippen LogP contribution in [0.4, 0.5) is 11.4 Å². The second kappa shape index (κ2) is 7.03. The molecule has 0 aliphatic carbocycles. The number of likely N-dealkylation sites (N-methyl/N-ethyl adjacent to an activating group) is 1. The first kappa shape index (κ1) is 17.0. The number of fused-ring (bicyclic) bond motifs is 1. The lowest BCUT2D eigenvalue weighted by atomic mass is 9.88. The van der Waals surface area contributed by atoms with Gasteiger partial charge < -0.3 is 4.90 Å². The van der Waals surface area contributed by atoms with Crippen molar-refractivity contribution >= 4 is 17.2 Å². The summed E-state index contributed by atoms with van der Waals surface area (Å²) in [5.41, 5.74) is 4.54. The van der Waals surface area contributed by atoms with Gasteiger partial charge >= 0.3 is 0 Å². The third kappa shape index (κ3) is 3.31. The molecule has 0 fully saturated rings. The Morgan fingerprint density at radius 3 is 2.33 bits per heavy atom. The quantitative estimate of drug-likeness (QED) is 0.495. The first-order valence-electron chi connectivity index (χ1n) is 8.81. The van der Waals surface area contributed by atoms with Crippen LogP contribution in [-0.2, 0) is 6.42 Å². The van der Waals surface area contributed by atoms with Gasteiger partial charge in [0.1, 0.15) is 5.84 Å². The maximum Gasteiger partial charge on any atom is 0.269 e. The van der Waals surface area contributed by atoms with E-state index in [0.29, 0.717) is 5.69 Å². The SMILES string of the molecule is CN1C(=Nc2ccc([N+](=O)[O-])cc2)Cc2ccccc2C1c1ccccc1. The van der Waals surface area contributed by atoms with E-state index in [2.05, 4.69) is 48.3 Å². The number of hydrogen-bond acceptors (Lipinski definition) is 3. The van der Waals surface area contributed by atoms with Gasteiger partial charge in [-0.25, -0.2) is 4.99 Å². The number of rotatable bonds is 3. The zero-order valence-electron chi connectivity index (χ0n) is 14.9. The van der Waals surface area contributed by atoms with Gasteiger partial charge in [0.2, 0.25) is 0 Å². The van der Waals surface area contributed by atoms with Crippen molar-refractivity contribution in [2.24, 2.45) is 4.99 Å². The van der Waals surface area contributed by atoms with E-state index in [9.17, 15) is 10.1 Å². The summed E-state index contributed by atoms with van der Waals surface area (Å²) in [6.45, 7) is 0. The van der Waals surface area contributed by atoms with Gasteiger partial charge in [-0.05, 0) is 28.8 Å². The van der Waals surface area contributed by atoms with Crippen molar-refractivity contribution in [2.45, 2.75) is 12.5 Å². The average molecular weight is 357 g/mol. The second-order valence-corrected chi connectivity index (χ2v) is 6.60. The van der Waals surface area contributed by atoms with Gasteiger partial charge in [0.05, 0.1) is 16.7 Å². The molecule has 0 spiro atoms. The molecule has 0 N–H and O–H groups in total. The van der Waals surface area contributed by atoms with Gasteiger partial charge in [0.15, 0.2) is 0 Å². The lowest BCUT2D eigenvalue weighted by Crippen LogP contribution is -2.37. The van der Waals surface area contributed by atoms with Gasteiger partial charge in [-0.15, -0.1) is 0 Å². The van der Waals surface area contributed by atoms with E-state index in [1.807, 2.05) is 18.2 Å².